The van der Waals surface area contributed by atoms with Crippen LogP contribution in [0.1, 0.15) is 26.3 Å². The third kappa shape index (κ3) is 5.16. The highest BCUT2D eigenvalue weighted by Gasteiger charge is 2.12. The molecule has 0 radical (unpaired) electrons. The van der Waals surface area contributed by atoms with Gasteiger partial charge in [-0.15, -0.1) is 0 Å². The molecular weight excluding hydrogens is 314 g/mol. The second-order valence-corrected chi connectivity index (χ2v) is 5.53. The number of halogens is 3. The van der Waals surface area contributed by atoms with Gasteiger partial charge in [-0.2, -0.15) is 0 Å². The van der Waals surface area contributed by atoms with Crippen molar-refractivity contribution < 1.29 is 8.78 Å². The van der Waals surface area contributed by atoms with Crippen molar-refractivity contribution in [1.82, 2.24) is 10.2 Å². The largest absolute Gasteiger partial charge is 0.309 e. The third-order valence-corrected chi connectivity index (χ3v) is 3.62. The Kier molecular flexibility index (Phi) is 6.89. The van der Waals surface area contributed by atoms with Gasteiger partial charge in [0.05, 0.1) is 0 Å². The summed E-state index contributed by atoms with van der Waals surface area (Å²) in [4.78, 5) is 2.27. The number of nitrogens with zero attached hydrogens (tertiary/aromatic N) is 1. The number of hydrogen-bond acceptors (Lipinski definition) is 2. The molecular formula is C14H21BrF2N2. The van der Waals surface area contributed by atoms with Crippen molar-refractivity contribution in [2.45, 2.75) is 33.4 Å². The van der Waals surface area contributed by atoms with Crippen LogP contribution in [-0.4, -0.2) is 30.6 Å². The zero-order valence-electron chi connectivity index (χ0n) is 11.6. The summed E-state index contributed by atoms with van der Waals surface area (Å²) in [6.45, 7) is 9.24. The van der Waals surface area contributed by atoms with Gasteiger partial charge in [0, 0.05) is 29.2 Å². The first-order chi connectivity index (χ1) is 8.97. The van der Waals surface area contributed by atoms with Crippen molar-refractivity contribution in [3.05, 3.63) is 33.8 Å². The van der Waals surface area contributed by atoms with Crippen LogP contribution < -0.4 is 5.32 Å². The van der Waals surface area contributed by atoms with Crippen molar-refractivity contribution >= 4 is 15.9 Å². The van der Waals surface area contributed by atoms with E-state index in [2.05, 4.69) is 40.0 Å². The molecule has 0 aromatic heterocycles. The van der Waals surface area contributed by atoms with E-state index < -0.39 is 11.6 Å². The van der Waals surface area contributed by atoms with Crippen LogP contribution in [0.15, 0.2) is 16.6 Å². The van der Waals surface area contributed by atoms with Crippen LogP contribution in [0.3, 0.4) is 0 Å². The maximum absolute atomic E-state index is 13.6. The van der Waals surface area contributed by atoms with E-state index in [4.69, 9.17) is 0 Å². The summed E-state index contributed by atoms with van der Waals surface area (Å²) in [6, 6.07) is 2.76. The first kappa shape index (κ1) is 16.5. The lowest BCUT2D eigenvalue weighted by Gasteiger charge is -2.23. The quantitative estimate of drug-likeness (QED) is 0.820. The molecule has 0 aliphatic heterocycles. The maximum atomic E-state index is 13.6. The minimum absolute atomic E-state index is 0.0922. The molecule has 0 aliphatic rings. The van der Waals surface area contributed by atoms with E-state index in [9.17, 15) is 8.78 Å². The fourth-order valence-corrected chi connectivity index (χ4v) is 2.35. The van der Waals surface area contributed by atoms with Gasteiger partial charge in [-0.3, -0.25) is 0 Å². The van der Waals surface area contributed by atoms with Gasteiger partial charge in [0.2, 0.25) is 0 Å². The molecule has 1 aromatic carbocycles. The molecule has 0 amide bonds. The molecule has 0 aliphatic carbocycles. The van der Waals surface area contributed by atoms with E-state index in [1.54, 1.807) is 0 Å². The summed E-state index contributed by atoms with van der Waals surface area (Å²) in [6.07, 6.45) is 0. The van der Waals surface area contributed by atoms with Crippen LogP contribution in [0.25, 0.3) is 0 Å². The number of likely N-dealkylation sites (N-methyl/N-ethyl adjacent to an activating group) is 1. The Bertz CT molecular complexity index is 385. The van der Waals surface area contributed by atoms with Gasteiger partial charge < -0.3 is 10.2 Å². The second kappa shape index (κ2) is 7.92. The van der Waals surface area contributed by atoms with Gasteiger partial charge in [0.1, 0.15) is 11.6 Å². The molecule has 108 valence electrons. The Morgan fingerprint density at radius 2 is 1.74 bits per heavy atom. The molecule has 0 bridgehead atoms. The predicted octanol–water partition coefficient (Wildman–Crippen LogP) is 3.55. The zero-order valence-corrected chi connectivity index (χ0v) is 13.2. The number of rotatable bonds is 7. The van der Waals surface area contributed by atoms with Gasteiger partial charge in [-0.25, -0.2) is 8.78 Å². The summed E-state index contributed by atoms with van der Waals surface area (Å²) in [5.41, 5.74) is 0.0922. The topological polar surface area (TPSA) is 15.3 Å². The monoisotopic (exact) mass is 334 g/mol. The molecule has 2 nitrogen and oxygen atoms in total. The van der Waals surface area contributed by atoms with Gasteiger partial charge in [-0.1, -0.05) is 29.8 Å². The fraction of sp³-hybridized carbons (Fsp3) is 0.571. The van der Waals surface area contributed by atoms with Crippen molar-refractivity contribution in [2.75, 3.05) is 19.6 Å². The number of benzene rings is 1. The Morgan fingerprint density at radius 3 is 2.21 bits per heavy atom. The Balaban J connectivity index is 2.57. The average molecular weight is 335 g/mol. The van der Waals surface area contributed by atoms with Crippen LogP contribution in [-0.2, 0) is 6.54 Å². The molecule has 1 unspecified atom stereocenters. The number of hydrogen-bond donors (Lipinski definition) is 1. The van der Waals surface area contributed by atoms with Crippen LogP contribution in [0.2, 0.25) is 0 Å². The molecule has 1 rings (SSSR count). The summed E-state index contributed by atoms with van der Waals surface area (Å²) < 4.78 is 27.7. The Morgan fingerprint density at radius 1 is 1.21 bits per heavy atom. The molecule has 0 saturated heterocycles. The first-order valence-electron chi connectivity index (χ1n) is 6.57. The first-order valence-corrected chi connectivity index (χ1v) is 7.36. The molecule has 19 heavy (non-hydrogen) atoms. The van der Waals surface area contributed by atoms with Crippen LogP contribution >= 0.6 is 15.9 Å². The van der Waals surface area contributed by atoms with E-state index in [0.29, 0.717) is 4.47 Å². The molecule has 0 fully saturated rings. The van der Waals surface area contributed by atoms with Crippen molar-refractivity contribution in [3.8, 4) is 0 Å². The minimum atomic E-state index is -0.519. The summed E-state index contributed by atoms with van der Waals surface area (Å²) in [7, 11) is 0. The SMILES string of the molecule is CCN(CC)CC(C)NCc1c(F)cc(Br)cc1F. The lowest BCUT2D eigenvalue weighted by Crippen LogP contribution is -2.39. The highest BCUT2D eigenvalue weighted by molar-refractivity contribution is 9.10. The van der Waals surface area contributed by atoms with Crippen molar-refractivity contribution in [2.24, 2.45) is 0 Å². The number of nitrogens with one attached hydrogen (secondary N) is 1. The minimum Gasteiger partial charge on any atom is -0.309 e. The van der Waals surface area contributed by atoms with E-state index in [1.165, 1.54) is 12.1 Å². The Labute approximate surface area is 122 Å². The van der Waals surface area contributed by atoms with Crippen LogP contribution in [0, 0.1) is 11.6 Å². The predicted molar refractivity (Wildman–Crippen MR) is 78.1 cm³/mol. The van der Waals surface area contributed by atoms with Gasteiger partial charge >= 0.3 is 0 Å². The average Bonchev–Trinajstić information content (AvgIpc) is 2.34. The highest BCUT2D eigenvalue weighted by Crippen LogP contribution is 2.19. The molecule has 0 saturated carbocycles. The second-order valence-electron chi connectivity index (χ2n) is 4.62. The van der Waals surface area contributed by atoms with E-state index in [0.717, 1.165) is 19.6 Å². The molecule has 1 atom stereocenters. The third-order valence-electron chi connectivity index (χ3n) is 3.16. The van der Waals surface area contributed by atoms with E-state index in [-0.39, 0.29) is 18.2 Å². The maximum Gasteiger partial charge on any atom is 0.131 e. The molecule has 1 N–H and O–H groups in total. The molecule has 1 aromatic rings. The smallest absolute Gasteiger partial charge is 0.131 e. The molecule has 0 heterocycles. The van der Waals surface area contributed by atoms with E-state index in [1.807, 2.05) is 6.92 Å². The lowest BCUT2D eigenvalue weighted by molar-refractivity contribution is 0.270. The van der Waals surface area contributed by atoms with Crippen LogP contribution in [0.4, 0.5) is 8.78 Å². The summed E-state index contributed by atoms with van der Waals surface area (Å²) in [5, 5.41) is 3.16. The molecule has 5 heteroatoms. The van der Waals surface area contributed by atoms with Gasteiger partial charge in [0.25, 0.3) is 0 Å². The fourth-order valence-electron chi connectivity index (χ4n) is 1.95. The standard InChI is InChI=1S/C14H21BrF2N2/c1-4-19(5-2)9-10(3)18-8-12-13(16)6-11(15)7-14(12)17/h6-7,10,18H,4-5,8-9H2,1-3H3. The highest BCUT2D eigenvalue weighted by atomic mass is 79.9. The molecule has 0 spiro atoms. The summed E-state index contributed by atoms with van der Waals surface area (Å²) in [5.74, 6) is -1.04. The van der Waals surface area contributed by atoms with E-state index >= 15 is 0 Å². The van der Waals surface area contributed by atoms with Crippen molar-refractivity contribution in [1.29, 1.82) is 0 Å². The normalized spacial score (nSPS) is 13.0. The van der Waals surface area contributed by atoms with Crippen LogP contribution in [0.5, 0.6) is 0 Å². The lowest BCUT2D eigenvalue weighted by atomic mass is 10.2. The Hall–Kier alpha value is -0.520. The van der Waals surface area contributed by atoms with Gasteiger partial charge in [0.15, 0.2) is 0 Å². The summed E-state index contributed by atoms with van der Waals surface area (Å²) >= 11 is 3.07. The van der Waals surface area contributed by atoms with Crippen molar-refractivity contribution in [3.63, 3.8) is 0 Å². The zero-order chi connectivity index (χ0) is 14.4. The van der Waals surface area contributed by atoms with Gasteiger partial charge in [-0.05, 0) is 32.1 Å².